The van der Waals surface area contributed by atoms with E-state index in [0.717, 1.165) is 24.7 Å². The van der Waals surface area contributed by atoms with Gasteiger partial charge in [0.25, 0.3) is 0 Å². The first-order valence-electron chi connectivity index (χ1n) is 9.12. The Labute approximate surface area is 140 Å². The van der Waals surface area contributed by atoms with E-state index in [1.165, 1.54) is 43.2 Å². The van der Waals surface area contributed by atoms with Crippen molar-refractivity contribution in [2.45, 2.75) is 63.9 Å². The number of rotatable bonds is 9. The predicted molar refractivity (Wildman–Crippen MR) is 95.4 cm³/mol. The molecule has 0 heterocycles. The quantitative estimate of drug-likeness (QED) is 0.389. The van der Waals surface area contributed by atoms with E-state index >= 15 is 0 Å². The van der Waals surface area contributed by atoms with E-state index in [1.807, 2.05) is 0 Å². The molecule has 23 heavy (non-hydrogen) atoms. The van der Waals surface area contributed by atoms with Crippen LogP contribution in [0.5, 0.6) is 0 Å². The van der Waals surface area contributed by atoms with Crippen LogP contribution in [-0.4, -0.2) is 13.8 Å². The van der Waals surface area contributed by atoms with Crippen molar-refractivity contribution in [1.82, 2.24) is 0 Å². The van der Waals surface area contributed by atoms with Gasteiger partial charge in [0.15, 0.2) is 0 Å². The van der Waals surface area contributed by atoms with Crippen LogP contribution in [0.3, 0.4) is 0 Å². The summed E-state index contributed by atoms with van der Waals surface area (Å²) in [6.45, 7) is 0.507. The lowest BCUT2D eigenvalue weighted by Gasteiger charge is -2.28. The summed E-state index contributed by atoms with van der Waals surface area (Å²) in [5.74, 6) is 1.62. The molecule has 0 radical (unpaired) electrons. The third kappa shape index (κ3) is 6.47. The molecule has 1 fully saturated rings. The summed E-state index contributed by atoms with van der Waals surface area (Å²) in [4.78, 5) is 0. The van der Waals surface area contributed by atoms with E-state index in [9.17, 15) is 4.39 Å². The molecule has 0 saturated heterocycles. The van der Waals surface area contributed by atoms with Gasteiger partial charge in [-0.1, -0.05) is 36.4 Å². The Morgan fingerprint density at radius 3 is 2.39 bits per heavy atom. The van der Waals surface area contributed by atoms with E-state index in [2.05, 4.69) is 36.4 Å². The van der Waals surface area contributed by atoms with Gasteiger partial charge in [-0.05, 0) is 74.3 Å². The Balaban J connectivity index is 1.68. The molecular formula is C21H31FO. The summed E-state index contributed by atoms with van der Waals surface area (Å²) >= 11 is 0. The zero-order valence-corrected chi connectivity index (χ0v) is 14.5. The zero-order valence-electron chi connectivity index (χ0n) is 14.5. The van der Waals surface area contributed by atoms with Crippen molar-refractivity contribution in [1.29, 1.82) is 0 Å². The van der Waals surface area contributed by atoms with Crippen molar-refractivity contribution in [2.24, 2.45) is 5.92 Å². The summed E-state index contributed by atoms with van der Waals surface area (Å²) in [7, 11) is 1.74. The second-order valence-corrected chi connectivity index (χ2v) is 6.77. The van der Waals surface area contributed by atoms with Gasteiger partial charge in [0.2, 0.25) is 0 Å². The van der Waals surface area contributed by atoms with Crippen LogP contribution in [0.25, 0.3) is 0 Å². The largest absolute Gasteiger partial charge is 0.380 e. The fraction of sp³-hybridized carbons (Fsp3) is 0.619. The minimum atomic E-state index is -0.194. The number of hydrogen-bond donors (Lipinski definition) is 0. The van der Waals surface area contributed by atoms with Crippen LogP contribution in [0.15, 0.2) is 36.4 Å². The lowest BCUT2D eigenvalue weighted by Crippen LogP contribution is -2.13. The standard InChI is InChI=1S/C21H31FO/c1-23-17-19-10-14-21(15-11-19)20-12-8-18(9-13-20)7-5-3-2-4-6-16-22/h2-3,10-11,14-15,18,20H,4-9,12-13,16-17H2,1H3/b3-2+/t18-,20-. The first-order chi connectivity index (χ1) is 11.3. The number of hydrogen-bond acceptors (Lipinski definition) is 1. The summed E-state index contributed by atoms with van der Waals surface area (Å²) < 4.78 is 17.2. The Morgan fingerprint density at radius 1 is 1.04 bits per heavy atom. The van der Waals surface area contributed by atoms with Crippen LogP contribution in [0.4, 0.5) is 4.39 Å². The summed E-state index contributed by atoms with van der Waals surface area (Å²) in [5, 5.41) is 0. The summed E-state index contributed by atoms with van der Waals surface area (Å²) in [6.07, 6.45) is 13.8. The second-order valence-electron chi connectivity index (χ2n) is 6.77. The number of halogens is 1. The molecule has 0 amide bonds. The third-order valence-corrected chi connectivity index (χ3v) is 5.02. The van der Waals surface area contributed by atoms with Crippen LogP contribution < -0.4 is 0 Å². The van der Waals surface area contributed by atoms with Crippen molar-refractivity contribution in [3.05, 3.63) is 47.5 Å². The molecule has 0 aliphatic heterocycles. The molecule has 1 aliphatic rings. The fourth-order valence-electron chi connectivity index (χ4n) is 3.60. The van der Waals surface area contributed by atoms with Gasteiger partial charge in [-0.2, -0.15) is 0 Å². The molecule has 1 aromatic rings. The summed E-state index contributed by atoms with van der Waals surface area (Å²) in [6, 6.07) is 8.97. The van der Waals surface area contributed by atoms with Crippen molar-refractivity contribution >= 4 is 0 Å². The van der Waals surface area contributed by atoms with E-state index < -0.39 is 0 Å². The number of alkyl halides is 1. The normalized spacial score (nSPS) is 21.8. The van der Waals surface area contributed by atoms with Gasteiger partial charge in [0.1, 0.15) is 0 Å². The highest BCUT2D eigenvalue weighted by Crippen LogP contribution is 2.37. The van der Waals surface area contributed by atoms with Crippen molar-refractivity contribution < 1.29 is 9.13 Å². The minimum Gasteiger partial charge on any atom is -0.380 e. The predicted octanol–water partition coefficient (Wildman–Crippen LogP) is 6.19. The molecule has 0 spiro atoms. The minimum absolute atomic E-state index is 0.194. The highest BCUT2D eigenvalue weighted by Gasteiger charge is 2.21. The molecule has 1 aliphatic carbocycles. The maximum absolute atomic E-state index is 12.0. The highest BCUT2D eigenvalue weighted by atomic mass is 19.1. The maximum Gasteiger partial charge on any atom is 0.0897 e. The van der Waals surface area contributed by atoms with Gasteiger partial charge < -0.3 is 4.74 Å². The average Bonchev–Trinajstić information content (AvgIpc) is 2.60. The van der Waals surface area contributed by atoms with Gasteiger partial charge in [0, 0.05) is 7.11 Å². The smallest absolute Gasteiger partial charge is 0.0897 e. The lowest BCUT2D eigenvalue weighted by atomic mass is 9.77. The molecule has 2 rings (SSSR count). The van der Waals surface area contributed by atoms with E-state index in [4.69, 9.17) is 4.74 Å². The third-order valence-electron chi connectivity index (χ3n) is 5.02. The number of benzene rings is 1. The monoisotopic (exact) mass is 318 g/mol. The zero-order chi connectivity index (χ0) is 16.3. The van der Waals surface area contributed by atoms with E-state index in [0.29, 0.717) is 13.0 Å². The number of unbranched alkanes of at least 4 members (excludes halogenated alkanes) is 1. The van der Waals surface area contributed by atoms with Gasteiger partial charge in [-0.25, -0.2) is 0 Å². The van der Waals surface area contributed by atoms with E-state index in [-0.39, 0.29) is 6.67 Å². The van der Waals surface area contributed by atoms with Crippen LogP contribution >= 0.6 is 0 Å². The molecular weight excluding hydrogens is 287 g/mol. The topological polar surface area (TPSA) is 9.23 Å². The molecule has 1 aromatic carbocycles. The molecule has 2 heteroatoms. The van der Waals surface area contributed by atoms with Gasteiger partial charge in [-0.3, -0.25) is 4.39 Å². The van der Waals surface area contributed by atoms with Crippen LogP contribution in [0, 0.1) is 5.92 Å². The first kappa shape index (κ1) is 18.2. The van der Waals surface area contributed by atoms with Crippen molar-refractivity contribution in [3.63, 3.8) is 0 Å². The Kier molecular flexibility index (Phi) is 8.38. The Morgan fingerprint density at radius 2 is 1.74 bits per heavy atom. The van der Waals surface area contributed by atoms with Gasteiger partial charge in [0.05, 0.1) is 13.3 Å². The fourth-order valence-corrected chi connectivity index (χ4v) is 3.60. The average molecular weight is 318 g/mol. The molecule has 1 nitrogen and oxygen atoms in total. The SMILES string of the molecule is COCc1ccc([C@H]2CC[C@H](CC/C=C/CCCF)CC2)cc1. The second kappa shape index (κ2) is 10.6. The molecule has 0 unspecified atom stereocenters. The molecule has 1 saturated carbocycles. The molecule has 0 atom stereocenters. The Hall–Kier alpha value is -1.15. The lowest BCUT2D eigenvalue weighted by molar-refractivity contribution is 0.185. The molecule has 0 aromatic heterocycles. The number of allylic oxidation sites excluding steroid dienone is 2. The van der Waals surface area contributed by atoms with Crippen LogP contribution in [0.1, 0.15) is 68.4 Å². The van der Waals surface area contributed by atoms with E-state index in [1.54, 1.807) is 7.11 Å². The van der Waals surface area contributed by atoms with Crippen molar-refractivity contribution in [3.8, 4) is 0 Å². The number of ether oxygens (including phenoxy) is 1. The summed E-state index contributed by atoms with van der Waals surface area (Å²) in [5.41, 5.74) is 2.75. The van der Waals surface area contributed by atoms with Crippen LogP contribution in [-0.2, 0) is 11.3 Å². The van der Waals surface area contributed by atoms with Gasteiger partial charge in [-0.15, -0.1) is 0 Å². The highest BCUT2D eigenvalue weighted by molar-refractivity contribution is 5.25. The van der Waals surface area contributed by atoms with Crippen LogP contribution in [0.2, 0.25) is 0 Å². The molecule has 128 valence electrons. The first-order valence-corrected chi connectivity index (χ1v) is 9.12. The molecule has 0 N–H and O–H groups in total. The maximum atomic E-state index is 12.0. The van der Waals surface area contributed by atoms with Gasteiger partial charge >= 0.3 is 0 Å². The molecule has 0 bridgehead atoms. The number of methoxy groups -OCH3 is 1. The Bertz CT molecular complexity index is 443. The van der Waals surface area contributed by atoms with Crippen molar-refractivity contribution in [2.75, 3.05) is 13.8 Å².